The third-order valence-electron chi connectivity index (χ3n) is 7.06. The monoisotopic (exact) mass is 562 g/mol. The van der Waals surface area contributed by atoms with Crippen LogP contribution in [0.1, 0.15) is 26.3 Å². The van der Waals surface area contributed by atoms with Crippen molar-refractivity contribution in [2.24, 2.45) is 0 Å². The summed E-state index contributed by atoms with van der Waals surface area (Å²) in [6.45, 7) is 10.6. The highest BCUT2D eigenvalue weighted by Crippen LogP contribution is 2.46. The van der Waals surface area contributed by atoms with E-state index in [2.05, 4.69) is 48.6 Å². The number of hydrogen-bond acceptors (Lipinski definition) is 7. The molecule has 0 radical (unpaired) electrons. The van der Waals surface area contributed by atoms with Gasteiger partial charge in [0.2, 0.25) is 5.88 Å². The van der Waals surface area contributed by atoms with Gasteiger partial charge in [0, 0.05) is 11.6 Å². The second kappa shape index (κ2) is 9.66. The first-order valence-electron chi connectivity index (χ1n) is 12.2. The maximum atomic E-state index is 12.7. The van der Waals surface area contributed by atoms with Gasteiger partial charge in [-0.05, 0) is 48.8 Å². The van der Waals surface area contributed by atoms with E-state index < -0.39 is 14.9 Å². The molecular formula is C27H29ClF2N2O5Si. The maximum absolute atomic E-state index is 12.7. The van der Waals surface area contributed by atoms with Crippen molar-refractivity contribution < 1.29 is 31.8 Å². The van der Waals surface area contributed by atoms with Crippen LogP contribution in [0.25, 0.3) is 33.3 Å². The minimum atomic E-state index is -2.99. The van der Waals surface area contributed by atoms with Crippen LogP contribution in [-0.2, 0) is 4.43 Å². The zero-order chi connectivity index (χ0) is 27.4. The third-order valence-corrected chi connectivity index (χ3v) is 11.8. The average Bonchev–Trinajstić information content (AvgIpc) is 3.27. The summed E-state index contributed by atoms with van der Waals surface area (Å²) in [4.78, 5) is 8.49. The summed E-state index contributed by atoms with van der Waals surface area (Å²) in [6, 6.07) is 7.13. The van der Waals surface area contributed by atoms with Crippen molar-refractivity contribution in [3.8, 4) is 28.7 Å². The summed E-state index contributed by atoms with van der Waals surface area (Å²) in [6.07, 6.45) is 0.894. The van der Waals surface area contributed by atoms with Crippen molar-refractivity contribution in [2.45, 2.75) is 58.5 Å². The Morgan fingerprint density at radius 2 is 1.95 bits per heavy atom. The normalized spacial score (nSPS) is 16.0. The van der Waals surface area contributed by atoms with Crippen molar-refractivity contribution in [1.29, 1.82) is 0 Å². The number of aryl methyl sites for hydroxylation is 1. The van der Waals surface area contributed by atoms with Gasteiger partial charge >= 0.3 is 6.61 Å². The standard InChI is InChI=1S/C27H29ClF2N2O5Si/c1-14-7-16(23-19(8-14)32-22(11-31-23)37-26(29)30)20-9-17-24(36-20)18(28)10-21-25(17)33-12-15(35-21)13-34-38(5,6)27(2,3)4/h7-11,15,26H,12-13H2,1-6H3. The van der Waals surface area contributed by atoms with Gasteiger partial charge in [-0.3, -0.25) is 0 Å². The number of hydrogen-bond donors (Lipinski definition) is 0. The molecule has 11 heteroatoms. The fourth-order valence-electron chi connectivity index (χ4n) is 4.06. The minimum absolute atomic E-state index is 0.0882. The van der Waals surface area contributed by atoms with Gasteiger partial charge in [-0.2, -0.15) is 8.78 Å². The molecule has 0 spiro atoms. The molecule has 0 aliphatic carbocycles. The molecule has 2 aromatic carbocycles. The molecule has 2 aromatic heterocycles. The lowest BCUT2D eigenvalue weighted by Crippen LogP contribution is -2.45. The number of alkyl halides is 2. The zero-order valence-corrected chi connectivity index (χ0v) is 23.8. The lowest BCUT2D eigenvalue weighted by Gasteiger charge is -2.37. The highest BCUT2D eigenvalue weighted by Gasteiger charge is 2.38. The van der Waals surface area contributed by atoms with Crippen LogP contribution < -0.4 is 14.2 Å². The number of furan rings is 1. The SMILES string of the molecule is Cc1cc(-c2cc3c4c(cc(Cl)c3o2)OC(CO[Si](C)(C)C(C)(C)C)CO4)c2ncc(OC(F)F)nc2c1. The number of nitrogens with zero attached hydrogens (tertiary/aromatic N) is 2. The molecule has 1 aliphatic rings. The first-order chi connectivity index (χ1) is 17.8. The van der Waals surface area contributed by atoms with E-state index in [1.165, 1.54) is 0 Å². The van der Waals surface area contributed by atoms with Gasteiger partial charge in [0.25, 0.3) is 0 Å². The van der Waals surface area contributed by atoms with Gasteiger partial charge in [-0.25, -0.2) is 9.97 Å². The van der Waals surface area contributed by atoms with Crippen molar-refractivity contribution in [3.05, 3.63) is 41.0 Å². The molecule has 1 unspecified atom stereocenters. The fourth-order valence-corrected chi connectivity index (χ4v) is 5.33. The van der Waals surface area contributed by atoms with Crippen LogP contribution in [0.3, 0.4) is 0 Å². The Labute approximate surface area is 225 Å². The molecule has 3 heterocycles. The van der Waals surface area contributed by atoms with Gasteiger partial charge in [0.1, 0.15) is 12.4 Å². The molecule has 4 aromatic rings. The molecule has 0 N–H and O–H groups in total. The summed E-state index contributed by atoms with van der Waals surface area (Å²) >= 11 is 6.60. The first-order valence-corrected chi connectivity index (χ1v) is 15.5. The van der Waals surface area contributed by atoms with E-state index in [1.54, 1.807) is 12.1 Å². The quantitative estimate of drug-likeness (QED) is 0.222. The second-order valence-corrected chi connectivity index (χ2v) is 16.1. The second-order valence-electron chi connectivity index (χ2n) is 10.9. The summed E-state index contributed by atoms with van der Waals surface area (Å²) in [5, 5.41) is 1.12. The minimum Gasteiger partial charge on any atom is -0.485 e. The Balaban J connectivity index is 1.48. The van der Waals surface area contributed by atoms with Crippen LogP contribution in [0.15, 0.2) is 34.9 Å². The van der Waals surface area contributed by atoms with Crippen molar-refractivity contribution >= 4 is 41.9 Å². The Kier molecular flexibility index (Phi) is 6.77. The Bertz CT molecular complexity index is 1520. The van der Waals surface area contributed by atoms with Crippen LogP contribution in [0, 0.1) is 6.92 Å². The van der Waals surface area contributed by atoms with Gasteiger partial charge in [-0.1, -0.05) is 32.4 Å². The number of benzene rings is 2. The Morgan fingerprint density at radius 1 is 1.18 bits per heavy atom. The largest absolute Gasteiger partial charge is 0.485 e. The van der Waals surface area contributed by atoms with E-state index >= 15 is 0 Å². The summed E-state index contributed by atoms with van der Waals surface area (Å²) in [7, 11) is -1.94. The van der Waals surface area contributed by atoms with Crippen molar-refractivity contribution in [1.82, 2.24) is 9.97 Å². The first kappa shape index (κ1) is 26.6. The molecule has 0 amide bonds. The number of ether oxygens (including phenoxy) is 3. The number of halogens is 3. The molecule has 5 rings (SSSR count). The van der Waals surface area contributed by atoms with Crippen LogP contribution >= 0.6 is 11.6 Å². The van der Waals surface area contributed by atoms with Crippen molar-refractivity contribution in [2.75, 3.05) is 13.2 Å². The molecule has 38 heavy (non-hydrogen) atoms. The predicted octanol–water partition coefficient (Wildman–Crippen LogP) is 7.77. The smallest absolute Gasteiger partial charge is 0.388 e. The molecule has 0 saturated carbocycles. The lowest BCUT2D eigenvalue weighted by atomic mass is 10.1. The van der Waals surface area contributed by atoms with Crippen molar-refractivity contribution in [3.63, 3.8) is 0 Å². The topological polar surface area (TPSA) is 75.8 Å². The van der Waals surface area contributed by atoms with E-state index in [-0.39, 0.29) is 17.0 Å². The van der Waals surface area contributed by atoms with E-state index in [1.807, 2.05) is 19.1 Å². The molecule has 7 nitrogen and oxygen atoms in total. The third kappa shape index (κ3) is 5.04. The molecule has 0 bridgehead atoms. The van der Waals surface area contributed by atoms with Gasteiger partial charge in [0.05, 0.1) is 34.2 Å². The maximum Gasteiger partial charge on any atom is 0.388 e. The van der Waals surface area contributed by atoms with Crippen LogP contribution in [0.5, 0.6) is 17.4 Å². The fraction of sp³-hybridized carbons (Fsp3) is 0.407. The predicted molar refractivity (Wildman–Crippen MR) is 144 cm³/mol. The van der Waals surface area contributed by atoms with E-state index in [9.17, 15) is 8.78 Å². The highest BCUT2D eigenvalue weighted by molar-refractivity contribution is 6.74. The highest BCUT2D eigenvalue weighted by atomic mass is 35.5. The van der Waals surface area contributed by atoms with E-state index in [0.717, 1.165) is 11.8 Å². The Morgan fingerprint density at radius 3 is 2.66 bits per heavy atom. The summed E-state index contributed by atoms with van der Waals surface area (Å²) in [5.74, 6) is 1.28. The van der Waals surface area contributed by atoms with Crippen LogP contribution in [0.2, 0.25) is 23.2 Å². The van der Waals surface area contributed by atoms with Crippen LogP contribution in [-0.4, -0.2) is 44.2 Å². The van der Waals surface area contributed by atoms with E-state index in [0.29, 0.717) is 63.1 Å². The summed E-state index contributed by atoms with van der Waals surface area (Å²) < 4.78 is 54.6. The Hall–Kier alpha value is -2.95. The van der Waals surface area contributed by atoms with Gasteiger partial charge in [0.15, 0.2) is 31.5 Å². The number of fused-ring (bicyclic) bond motifs is 4. The summed E-state index contributed by atoms with van der Waals surface area (Å²) in [5.41, 5.74) is 2.79. The number of aromatic nitrogens is 2. The average molecular weight is 563 g/mol. The lowest BCUT2D eigenvalue weighted by molar-refractivity contribution is -0.0528. The van der Waals surface area contributed by atoms with E-state index in [4.69, 9.17) is 29.9 Å². The van der Waals surface area contributed by atoms with Gasteiger partial charge in [-0.15, -0.1) is 0 Å². The number of rotatable bonds is 6. The van der Waals surface area contributed by atoms with Gasteiger partial charge < -0.3 is 23.1 Å². The molecule has 1 aliphatic heterocycles. The molecule has 202 valence electrons. The molecule has 1 atom stereocenters. The zero-order valence-electron chi connectivity index (χ0n) is 22.0. The molecular weight excluding hydrogens is 534 g/mol. The molecule has 0 saturated heterocycles. The van der Waals surface area contributed by atoms with Crippen LogP contribution in [0.4, 0.5) is 8.78 Å². The molecule has 0 fully saturated rings.